The molecule has 2 amide bonds. The zero-order valence-corrected chi connectivity index (χ0v) is 25.8. The number of Topliss-reactive ketones (excluding diaryl/α,β-unsaturated/α-hetero) is 1. The lowest BCUT2D eigenvalue weighted by Gasteiger charge is -2.31. The van der Waals surface area contributed by atoms with Crippen LogP contribution in [0.3, 0.4) is 0 Å². The molecule has 242 valence electrons. The van der Waals surface area contributed by atoms with Crippen LogP contribution in [0.1, 0.15) is 48.8 Å². The molecule has 4 N–H and O–H groups in total. The standard InChI is InChI=1S/C32H32Cl2F5N3O3/c1-18(2)27(28(43)32(38,39)30(45)41-17-31(35,36)37)42-29(44)26(20-11-7-4-8-12-20)25(40)16-24(19-9-5-3-6-10-19)21-13-22(33)15-23(34)14-21/h3-15,18,24-27H,16-17,40H2,1-2H3,(H,41,45)(H,42,44)/t24?,25?,26-,27-/m0/s1. The Morgan fingerprint density at radius 3 is 1.80 bits per heavy atom. The van der Waals surface area contributed by atoms with Gasteiger partial charge in [-0.2, -0.15) is 22.0 Å². The summed E-state index contributed by atoms with van der Waals surface area (Å²) in [5.41, 5.74) is 8.67. The second kappa shape index (κ2) is 15.2. The van der Waals surface area contributed by atoms with E-state index < -0.39 is 66.1 Å². The molecule has 0 fully saturated rings. The fourth-order valence-corrected chi connectivity index (χ4v) is 5.51. The van der Waals surface area contributed by atoms with Gasteiger partial charge in [0.15, 0.2) is 0 Å². The van der Waals surface area contributed by atoms with Crippen molar-refractivity contribution in [1.29, 1.82) is 0 Å². The molecule has 6 nitrogen and oxygen atoms in total. The first kappa shape index (κ1) is 35.9. The van der Waals surface area contributed by atoms with Gasteiger partial charge < -0.3 is 16.4 Å². The molecule has 0 heterocycles. The van der Waals surface area contributed by atoms with Crippen molar-refractivity contribution in [3.8, 4) is 0 Å². The summed E-state index contributed by atoms with van der Waals surface area (Å²) in [5.74, 6) is -12.8. The van der Waals surface area contributed by atoms with E-state index in [4.69, 9.17) is 28.9 Å². The minimum Gasteiger partial charge on any atom is -0.345 e. The van der Waals surface area contributed by atoms with Gasteiger partial charge in [-0.1, -0.05) is 97.7 Å². The van der Waals surface area contributed by atoms with Gasteiger partial charge in [-0.15, -0.1) is 0 Å². The second-order valence-electron chi connectivity index (χ2n) is 10.9. The van der Waals surface area contributed by atoms with E-state index in [9.17, 15) is 36.3 Å². The van der Waals surface area contributed by atoms with Crippen molar-refractivity contribution in [2.45, 2.75) is 56.3 Å². The lowest BCUT2D eigenvalue weighted by molar-refractivity contribution is -0.165. The summed E-state index contributed by atoms with van der Waals surface area (Å²) in [7, 11) is 0. The van der Waals surface area contributed by atoms with E-state index in [1.54, 1.807) is 48.5 Å². The SMILES string of the molecule is CC(C)[C@H](NC(=O)[C@@H](c1ccccc1)C(N)CC(c1ccccc1)c1cc(Cl)cc(Cl)c1)C(=O)C(F)(F)C(=O)NCC(F)(F)F. The van der Waals surface area contributed by atoms with E-state index in [0.717, 1.165) is 10.9 Å². The molecule has 0 aromatic heterocycles. The third-order valence-electron chi connectivity index (χ3n) is 7.16. The number of hydrogen-bond donors (Lipinski definition) is 3. The molecule has 0 aliphatic carbocycles. The van der Waals surface area contributed by atoms with Gasteiger partial charge in [-0.25, -0.2) is 0 Å². The summed E-state index contributed by atoms with van der Waals surface area (Å²) in [6.45, 7) is 0.634. The van der Waals surface area contributed by atoms with Gasteiger partial charge in [-0.05, 0) is 47.2 Å². The molecule has 3 rings (SSSR count). The van der Waals surface area contributed by atoms with Crippen molar-refractivity contribution in [1.82, 2.24) is 10.6 Å². The molecule has 3 aromatic carbocycles. The number of carbonyl (C=O) groups is 3. The molecule has 4 atom stereocenters. The highest BCUT2D eigenvalue weighted by molar-refractivity contribution is 6.34. The number of nitrogens with two attached hydrogens (primary N) is 1. The predicted octanol–water partition coefficient (Wildman–Crippen LogP) is 6.65. The van der Waals surface area contributed by atoms with E-state index in [-0.39, 0.29) is 6.42 Å². The topological polar surface area (TPSA) is 101 Å². The third-order valence-corrected chi connectivity index (χ3v) is 7.59. The number of hydrogen-bond acceptors (Lipinski definition) is 4. The normalized spacial score (nSPS) is 14.7. The first-order chi connectivity index (χ1) is 21.0. The highest BCUT2D eigenvalue weighted by Gasteiger charge is 2.52. The van der Waals surface area contributed by atoms with Gasteiger partial charge in [-0.3, -0.25) is 14.4 Å². The van der Waals surface area contributed by atoms with Crippen LogP contribution >= 0.6 is 23.2 Å². The van der Waals surface area contributed by atoms with Crippen LogP contribution in [0.4, 0.5) is 22.0 Å². The molecule has 0 saturated heterocycles. The van der Waals surface area contributed by atoms with Crippen LogP contribution in [0.15, 0.2) is 78.9 Å². The zero-order valence-electron chi connectivity index (χ0n) is 24.3. The molecule has 0 radical (unpaired) electrons. The summed E-state index contributed by atoms with van der Waals surface area (Å²) >= 11 is 12.6. The molecule has 0 saturated carbocycles. The third kappa shape index (κ3) is 9.72. The second-order valence-corrected chi connectivity index (χ2v) is 11.8. The molecule has 0 aliphatic heterocycles. The Morgan fingerprint density at radius 1 is 0.800 bits per heavy atom. The molecule has 0 aliphatic rings. The monoisotopic (exact) mass is 671 g/mol. The van der Waals surface area contributed by atoms with Gasteiger partial charge in [0.1, 0.15) is 6.54 Å². The molecule has 0 spiro atoms. The van der Waals surface area contributed by atoms with Crippen LogP contribution in [0.2, 0.25) is 10.0 Å². The van der Waals surface area contributed by atoms with Crippen LogP contribution < -0.4 is 16.4 Å². The van der Waals surface area contributed by atoms with Crippen molar-refractivity contribution in [2.75, 3.05) is 6.54 Å². The highest BCUT2D eigenvalue weighted by Crippen LogP contribution is 2.36. The van der Waals surface area contributed by atoms with Crippen molar-refractivity contribution in [2.24, 2.45) is 11.7 Å². The van der Waals surface area contributed by atoms with Gasteiger partial charge in [0.2, 0.25) is 11.7 Å². The molecular weight excluding hydrogens is 640 g/mol. The maximum atomic E-state index is 14.8. The fraction of sp³-hybridized carbons (Fsp3) is 0.344. The van der Waals surface area contributed by atoms with Crippen molar-refractivity contribution in [3.63, 3.8) is 0 Å². The molecule has 3 aromatic rings. The zero-order chi connectivity index (χ0) is 33.5. The number of halogens is 7. The summed E-state index contributed by atoms with van der Waals surface area (Å²) in [5, 5.41) is 4.09. The van der Waals surface area contributed by atoms with Crippen LogP contribution in [0, 0.1) is 5.92 Å². The summed E-state index contributed by atoms with van der Waals surface area (Å²) in [6, 6.07) is 19.5. The Kier molecular flexibility index (Phi) is 12.1. The number of nitrogens with one attached hydrogen (secondary N) is 2. The van der Waals surface area contributed by atoms with E-state index in [2.05, 4.69) is 5.32 Å². The maximum Gasteiger partial charge on any atom is 0.405 e. The number of rotatable bonds is 13. The fourth-order valence-electron chi connectivity index (χ4n) is 4.96. The molecular formula is C32H32Cl2F5N3O3. The highest BCUT2D eigenvalue weighted by atomic mass is 35.5. The van der Waals surface area contributed by atoms with Crippen molar-refractivity contribution >= 4 is 40.8 Å². The smallest absolute Gasteiger partial charge is 0.345 e. The molecule has 2 unspecified atom stereocenters. The largest absolute Gasteiger partial charge is 0.405 e. The Balaban J connectivity index is 1.96. The maximum absolute atomic E-state index is 14.8. The number of amides is 2. The van der Waals surface area contributed by atoms with Gasteiger partial charge >= 0.3 is 12.1 Å². The van der Waals surface area contributed by atoms with Gasteiger partial charge in [0.05, 0.1) is 12.0 Å². The van der Waals surface area contributed by atoms with Crippen molar-refractivity contribution in [3.05, 3.63) is 106 Å². The minimum absolute atomic E-state index is 0.143. The van der Waals surface area contributed by atoms with E-state index in [0.29, 0.717) is 21.2 Å². The average Bonchev–Trinajstić information content (AvgIpc) is 2.97. The predicted molar refractivity (Wildman–Crippen MR) is 162 cm³/mol. The summed E-state index contributed by atoms with van der Waals surface area (Å²) < 4.78 is 67.2. The van der Waals surface area contributed by atoms with Crippen LogP contribution in [-0.2, 0) is 14.4 Å². The summed E-state index contributed by atoms with van der Waals surface area (Å²) in [4.78, 5) is 38.7. The molecule has 13 heteroatoms. The lowest BCUT2D eigenvalue weighted by Crippen LogP contribution is -2.58. The van der Waals surface area contributed by atoms with E-state index in [1.165, 1.54) is 13.8 Å². The Morgan fingerprint density at radius 2 is 1.31 bits per heavy atom. The van der Waals surface area contributed by atoms with E-state index in [1.807, 2.05) is 30.3 Å². The first-order valence-corrected chi connectivity index (χ1v) is 14.7. The average molecular weight is 673 g/mol. The number of ketones is 1. The quantitative estimate of drug-likeness (QED) is 0.140. The summed E-state index contributed by atoms with van der Waals surface area (Å²) in [6.07, 6.45) is -4.84. The van der Waals surface area contributed by atoms with Crippen molar-refractivity contribution < 1.29 is 36.3 Å². The van der Waals surface area contributed by atoms with Gasteiger partial charge in [0.25, 0.3) is 5.91 Å². The number of carbonyl (C=O) groups excluding carboxylic acids is 3. The van der Waals surface area contributed by atoms with E-state index >= 15 is 0 Å². The lowest BCUT2D eigenvalue weighted by atomic mass is 9.80. The minimum atomic E-state index is -4.98. The number of benzene rings is 3. The Bertz CT molecular complexity index is 1450. The van der Waals surface area contributed by atoms with Crippen LogP contribution in [-0.4, -0.2) is 48.3 Å². The Labute approximate surface area is 267 Å². The van der Waals surface area contributed by atoms with Crippen LogP contribution in [0.25, 0.3) is 0 Å². The number of alkyl halides is 5. The molecule has 45 heavy (non-hydrogen) atoms. The first-order valence-electron chi connectivity index (χ1n) is 13.9. The van der Waals surface area contributed by atoms with Crippen LogP contribution in [0.5, 0.6) is 0 Å². The Hall–Kier alpha value is -3.54. The van der Waals surface area contributed by atoms with Gasteiger partial charge in [0, 0.05) is 22.0 Å². The molecule has 0 bridgehead atoms.